The number of hydrogen-bond donors (Lipinski definition) is 1. The Hall–Kier alpha value is -2.54. The molecule has 6 nitrogen and oxygen atoms in total. The number of ether oxygens (including phenoxy) is 1. The summed E-state index contributed by atoms with van der Waals surface area (Å²) >= 11 is 5.83. The lowest BCUT2D eigenvalue weighted by atomic mass is 10.1. The number of aromatic nitrogens is 4. The number of fused-ring (bicyclic) bond motifs is 1. The molecule has 0 aromatic carbocycles. The molecule has 25 heavy (non-hydrogen) atoms. The highest BCUT2D eigenvalue weighted by Crippen LogP contribution is 2.39. The monoisotopic (exact) mass is 361 g/mol. The van der Waals surface area contributed by atoms with Crippen LogP contribution < -0.4 is 10.1 Å². The largest absolute Gasteiger partial charge is 0.480 e. The molecule has 0 saturated heterocycles. The first-order valence-corrected chi connectivity index (χ1v) is 8.13. The average molecular weight is 362 g/mol. The van der Waals surface area contributed by atoms with E-state index >= 15 is 0 Å². The van der Waals surface area contributed by atoms with Crippen LogP contribution in [0.2, 0.25) is 5.02 Å². The quantitative estimate of drug-likeness (QED) is 0.741. The van der Waals surface area contributed by atoms with Crippen molar-refractivity contribution in [2.75, 3.05) is 19.0 Å². The molecule has 0 saturated carbocycles. The summed E-state index contributed by atoms with van der Waals surface area (Å²) in [5, 5.41) is 3.52. The maximum atomic E-state index is 14.5. The maximum Gasteiger partial charge on any atom is 0.227 e. The van der Waals surface area contributed by atoms with Crippen LogP contribution >= 0.6 is 11.6 Å². The molecule has 0 aliphatic carbocycles. The van der Waals surface area contributed by atoms with E-state index in [1.165, 1.54) is 19.4 Å². The minimum Gasteiger partial charge on any atom is -0.480 e. The molecule has 1 N–H and O–H groups in total. The number of nitrogens with one attached hydrogen (secondary N) is 1. The van der Waals surface area contributed by atoms with Gasteiger partial charge in [-0.05, 0) is 12.0 Å². The molecule has 3 aromatic heterocycles. The summed E-state index contributed by atoms with van der Waals surface area (Å²) in [6.45, 7) is 4.79. The molecule has 130 valence electrons. The Morgan fingerprint density at radius 1 is 1.24 bits per heavy atom. The third-order valence-electron chi connectivity index (χ3n) is 3.51. The van der Waals surface area contributed by atoms with Crippen molar-refractivity contribution in [3.63, 3.8) is 0 Å². The van der Waals surface area contributed by atoms with Gasteiger partial charge in [-0.1, -0.05) is 25.4 Å². The minimum atomic E-state index is -0.566. The summed E-state index contributed by atoms with van der Waals surface area (Å²) in [6, 6.07) is 1.20. The summed E-state index contributed by atoms with van der Waals surface area (Å²) in [7, 11) is 1.47. The normalized spacial score (nSPS) is 11.1. The fourth-order valence-corrected chi connectivity index (χ4v) is 2.56. The fourth-order valence-electron chi connectivity index (χ4n) is 2.41. The van der Waals surface area contributed by atoms with E-state index in [1.54, 1.807) is 12.4 Å². The lowest BCUT2D eigenvalue weighted by molar-refractivity contribution is 0.400. The molecular weight excluding hydrogens is 345 g/mol. The molecule has 0 unspecified atom stereocenters. The van der Waals surface area contributed by atoms with Crippen molar-refractivity contribution in [3.8, 4) is 17.1 Å². The molecule has 0 amide bonds. The molecular formula is C17H17ClFN5O. The van der Waals surface area contributed by atoms with Crippen LogP contribution in [0.25, 0.3) is 22.4 Å². The standard InChI is InChI=1S/C17H17ClFN5O/c1-9(2)7-22-14-12(13-11(19)6-10(18)8-23-13)17(25-3)24-16-15(14)20-4-5-21-16/h4-6,8-9H,7H2,1-3H3,(H,21,22,24). The molecule has 3 heterocycles. The number of nitrogens with zero attached hydrogens (tertiary/aromatic N) is 4. The fraction of sp³-hybridized carbons (Fsp3) is 0.294. The number of anilines is 1. The van der Waals surface area contributed by atoms with Crippen molar-refractivity contribution < 1.29 is 9.13 Å². The zero-order chi connectivity index (χ0) is 18.0. The van der Waals surface area contributed by atoms with E-state index in [9.17, 15) is 4.39 Å². The van der Waals surface area contributed by atoms with E-state index in [0.717, 1.165) is 0 Å². The van der Waals surface area contributed by atoms with Crippen LogP contribution in [-0.4, -0.2) is 33.6 Å². The van der Waals surface area contributed by atoms with Gasteiger partial charge in [0.25, 0.3) is 0 Å². The second kappa shape index (κ2) is 7.14. The number of methoxy groups -OCH3 is 1. The molecule has 0 radical (unpaired) electrons. The van der Waals surface area contributed by atoms with Crippen molar-refractivity contribution in [1.82, 2.24) is 19.9 Å². The molecule has 0 bridgehead atoms. The molecule has 3 rings (SSSR count). The summed E-state index contributed by atoms with van der Waals surface area (Å²) < 4.78 is 19.9. The lowest BCUT2D eigenvalue weighted by Gasteiger charge is -2.17. The van der Waals surface area contributed by atoms with Crippen molar-refractivity contribution in [3.05, 3.63) is 35.5 Å². The van der Waals surface area contributed by atoms with Crippen molar-refractivity contribution >= 4 is 28.5 Å². The number of pyridine rings is 2. The van der Waals surface area contributed by atoms with Gasteiger partial charge in [-0.2, -0.15) is 4.98 Å². The van der Waals surface area contributed by atoms with Crippen molar-refractivity contribution in [1.29, 1.82) is 0 Å². The van der Waals surface area contributed by atoms with Gasteiger partial charge < -0.3 is 10.1 Å². The summed E-state index contributed by atoms with van der Waals surface area (Å²) in [5.74, 6) is 0.0122. The SMILES string of the molecule is COc1nc2nccnc2c(NCC(C)C)c1-c1ncc(Cl)cc1F. The second-order valence-corrected chi connectivity index (χ2v) is 6.29. The van der Waals surface area contributed by atoms with E-state index in [0.29, 0.717) is 34.9 Å². The van der Waals surface area contributed by atoms with Gasteiger partial charge in [-0.25, -0.2) is 14.4 Å². The minimum absolute atomic E-state index is 0.0903. The Bertz CT molecular complexity index is 919. The van der Waals surface area contributed by atoms with Gasteiger partial charge in [0, 0.05) is 25.1 Å². The van der Waals surface area contributed by atoms with Gasteiger partial charge in [-0.3, -0.25) is 4.98 Å². The zero-order valence-electron chi connectivity index (χ0n) is 14.0. The molecule has 0 spiro atoms. The first kappa shape index (κ1) is 17.3. The van der Waals surface area contributed by atoms with Crippen LogP contribution in [0.1, 0.15) is 13.8 Å². The zero-order valence-corrected chi connectivity index (χ0v) is 14.8. The Morgan fingerprint density at radius 3 is 2.68 bits per heavy atom. The van der Waals surface area contributed by atoms with Crippen LogP contribution in [0.3, 0.4) is 0 Å². The van der Waals surface area contributed by atoms with E-state index in [-0.39, 0.29) is 16.6 Å². The Morgan fingerprint density at radius 2 is 2.00 bits per heavy atom. The number of halogens is 2. The highest BCUT2D eigenvalue weighted by Gasteiger charge is 2.23. The number of hydrogen-bond acceptors (Lipinski definition) is 6. The van der Waals surface area contributed by atoms with Crippen molar-refractivity contribution in [2.45, 2.75) is 13.8 Å². The molecule has 0 aliphatic heterocycles. The summed E-state index contributed by atoms with van der Waals surface area (Å²) in [5.41, 5.74) is 1.99. The van der Waals surface area contributed by atoms with Gasteiger partial charge in [0.15, 0.2) is 11.5 Å². The van der Waals surface area contributed by atoms with Gasteiger partial charge >= 0.3 is 0 Å². The molecule has 0 fully saturated rings. The topological polar surface area (TPSA) is 72.8 Å². The van der Waals surface area contributed by atoms with E-state index in [4.69, 9.17) is 16.3 Å². The summed E-state index contributed by atoms with van der Waals surface area (Å²) in [4.78, 5) is 17.1. The van der Waals surface area contributed by atoms with E-state index in [2.05, 4.69) is 39.1 Å². The Kier molecular flexibility index (Phi) is 4.94. The third-order valence-corrected chi connectivity index (χ3v) is 3.72. The number of rotatable bonds is 5. The van der Waals surface area contributed by atoms with Crippen LogP contribution in [0.15, 0.2) is 24.7 Å². The molecule has 0 aliphatic rings. The second-order valence-electron chi connectivity index (χ2n) is 5.86. The van der Waals surface area contributed by atoms with Crippen LogP contribution in [0.4, 0.5) is 10.1 Å². The van der Waals surface area contributed by atoms with Crippen LogP contribution in [-0.2, 0) is 0 Å². The third kappa shape index (κ3) is 3.46. The van der Waals surface area contributed by atoms with Gasteiger partial charge in [0.2, 0.25) is 5.88 Å². The van der Waals surface area contributed by atoms with Crippen LogP contribution in [0.5, 0.6) is 5.88 Å². The average Bonchev–Trinajstić information content (AvgIpc) is 2.59. The Labute approximate surface area is 149 Å². The molecule has 8 heteroatoms. The Balaban J connectivity index is 2.32. The molecule has 0 atom stereocenters. The smallest absolute Gasteiger partial charge is 0.227 e. The highest BCUT2D eigenvalue weighted by molar-refractivity contribution is 6.30. The van der Waals surface area contributed by atoms with Crippen molar-refractivity contribution in [2.24, 2.45) is 5.92 Å². The first-order valence-electron chi connectivity index (χ1n) is 7.75. The molecule has 3 aromatic rings. The van der Waals surface area contributed by atoms with Gasteiger partial charge in [0.1, 0.15) is 11.2 Å². The highest BCUT2D eigenvalue weighted by atomic mass is 35.5. The lowest BCUT2D eigenvalue weighted by Crippen LogP contribution is -2.12. The van der Waals surface area contributed by atoms with E-state index in [1.807, 2.05) is 0 Å². The predicted molar refractivity (Wildman–Crippen MR) is 95.4 cm³/mol. The predicted octanol–water partition coefficient (Wildman–Crippen LogP) is 3.96. The van der Waals surface area contributed by atoms with Gasteiger partial charge in [0.05, 0.1) is 23.4 Å². The summed E-state index contributed by atoms with van der Waals surface area (Å²) in [6.07, 6.45) is 4.49. The van der Waals surface area contributed by atoms with Crippen LogP contribution in [0, 0.1) is 11.7 Å². The van der Waals surface area contributed by atoms with E-state index < -0.39 is 5.82 Å². The van der Waals surface area contributed by atoms with Gasteiger partial charge in [-0.15, -0.1) is 0 Å². The maximum absolute atomic E-state index is 14.5. The first-order chi connectivity index (χ1) is 12.0.